The smallest absolute Gasteiger partial charge is 0.0616 e. The van der Waals surface area contributed by atoms with E-state index in [4.69, 9.17) is 11.6 Å². The Bertz CT molecular complexity index is 646. The first-order valence-electron chi connectivity index (χ1n) is 8.63. The molecule has 128 valence electrons. The number of halogens is 1. The molecular formula is C20H26ClN3. The van der Waals surface area contributed by atoms with Crippen molar-refractivity contribution in [3.05, 3.63) is 64.7 Å². The summed E-state index contributed by atoms with van der Waals surface area (Å²) in [6.07, 6.45) is 1.16. The van der Waals surface area contributed by atoms with Crippen molar-refractivity contribution in [1.82, 2.24) is 10.2 Å². The fourth-order valence-electron chi connectivity index (χ4n) is 3.36. The van der Waals surface area contributed by atoms with E-state index in [1.807, 2.05) is 12.1 Å². The first-order valence-corrected chi connectivity index (χ1v) is 9.01. The fourth-order valence-corrected chi connectivity index (χ4v) is 3.60. The molecule has 0 bridgehead atoms. The molecule has 1 atom stereocenters. The third kappa shape index (κ3) is 3.92. The lowest BCUT2D eigenvalue weighted by Crippen LogP contribution is -2.33. The van der Waals surface area contributed by atoms with E-state index < -0.39 is 0 Å². The number of nitrogens with zero attached hydrogens (tertiary/aromatic N) is 2. The third-order valence-corrected chi connectivity index (χ3v) is 5.01. The zero-order chi connectivity index (χ0) is 16.9. The Balaban J connectivity index is 1.99. The maximum absolute atomic E-state index is 6.56. The summed E-state index contributed by atoms with van der Waals surface area (Å²) in [7, 11) is 4.14. The van der Waals surface area contributed by atoms with Crippen LogP contribution in [-0.2, 0) is 0 Å². The predicted octanol–water partition coefficient (Wildman–Crippen LogP) is 3.79. The van der Waals surface area contributed by atoms with Crippen LogP contribution in [0.3, 0.4) is 0 Å². The van der Waals surface area contributed by atoms with Gasteiger partial charge in [0.2, 0.25) is 0 Å². The van der Waals surface area contributed by atoms with E-state index in [0.29, 0.717) is 0 Å². The van der Waals surface area contributed by atoms with Crippen molar-refractivity contribution < 1.29 is 0 Å². The quantitative estimate of drug-likeness (QED) is 0.911. The minimum atomic E-state index is 0.204. The molecule has 24 heavy (non-hydrogen) atoms. The lowest BCUT2D eigenvalue weighted by Gasteiger charge is -2.32. The minimum Gasteiger partial charge on any atom is -0.378 e. The molecule has 1 fully saturated rings. The van der Waals surface area contributed by atoms with Gasteiger partial charge in [-0.1, -0.05) is 41.9 Å². The molecule has 2 aromatic rings. The van der Waals surface area contributed by atoms with Gasteiger partial charge in [-0.25, -0.2) is 0 Å². The predicted molar refractivity (Wildman–Crippen MR) is 103 cm³/mol. The molecular weight excluding hydrogens is 318 g/mol. The highest BCUT2D eigenvalue weighted by Gasteiger charge is 2.24. The maximum atomic E-state index is 6.56. The second-order valence-electron chi connectivity index (χ2n) is 6.55. The van der Waals surface area contributed by atoms with Gasteiger partial charge >= 0.3 is 0 Å². The van der Waals surface area contributed by atoms with E-state index in [1.165, 1.54) is 16.8 Å². The average molecular weight is 344 g/mol. The molecule has 3 nitrogen and oxygen atoms in total. The molecule has 3 rings (SSSR count). The Kier molecular flexibility index (Phi) is 5.77. The van der Waals surface area contributed by atoms with E-state index >= 15 is 0 Å². The van der Waals surface area contributed by atoms with Crippen LogP contribution in [-0.4, -0.2) is 45.2 Å². The maximum Gasteiger partial charge on any atom is 0.0616 e. The van der Waals surface area contributed by atoms with Crippen LogP contribution < -0.4 is 10.2 Å². The molecule has 2 aromatic carbocycles. The van der Waals surface area contributed by atoms with Crippen LogP contribution in [0.5, 0.6) is 0 Å². The number of anilines is 1. The van der Waals surface area contributed by atoms with Gasteiger partial charge in [-0.2, -0.15) is 0 Å². The van der Waals surface area contributed by atoms with Crippen molar-refractivity contribution in [2.45, 2.75) is 12.5 Å². The van der Waals surface area contributed by atoms with Crippen LogP contribution in [0.4, 0.5) is 5.69 Å². The molecule has 0 saturated carbocycles. The first kappa shape index (κ1) is 17.3. The molecule has 0 amide bonds. The van der Waals surface area contributed by atoms with Crippen LogP contribution in [0.25, 0.3) is 0 Å². The fraction of sp³-hybridized carbons (Fsp3) is 0.400. The summed E-state index contributed by atoms with van der Waals surface area (Å²) in [5.74, 6) is 0. The molecule has 1 heterocycles. The zero-order valence-corrected chi connectivity index (χ0v) is 15.3. The molecule has 1 N–H and O–H groups in total. The lowest BCUT2D eigenvalue weighted by molar-refractivity contribution is 0.241. The minimum absolute atomic E-state index is 0.204. The van der Waals surface area contributed by atoms with E-state index in [9.17, 15) is 0 Å². The van der Waals surface area contributed by atoms with Crippen molar-refractivity contribution in [1.29, 1.82) is 0 Å². The third-order valence-electron chi connectivity index (χ3n) is 4.66. The number of hydrogen-bond acceptors (Lipinski definition) is 3. The largest absolute Gasteiger partial charge is 0.378 e. The normalized spacial score (nSPS) is 17.3. The Morgan fingerprint density at radius 3 is 2.46 bits per heavy atom. The average Bonchev–Trinajstić information content (AvgIpc) is 2.87. The van der Waals surface area contributed by atoms with Crippen molar-refractivity contribution in [3.63, 3.8) is 0 Å². The van der Waals surface area contributed by atoms with Gasteiger partial charge in [-0.05, 0) is 42.3 Å². The topological polar surface area (TPSA) is 18.5 Å². The van der Waals surface area contributed by atoms with E-state index in [1.54, 1.807) is 0 Å². The summed E-state index contributed by atoms with van der Waals surface area (Å²) in [6, 6.07) is 17.3. The number of nitrogens with one attached hydrogen (secondary N) is 1. The highest BCUT2D eigenvalue weighted by molar-refractivity contribution is 6.31. The number of hydrogen-bond donors (Lipinski definition) is 1. The van der Waals surface area contributed by atoms with Gasteiger partial charge in [0.05, 0.1) is 6.04 Å². The van der Waals surface area contributed by atoms with E-state index in [2.05, 4.69) is 65.6 Å². The van der Waals surface area contributed by atoms with Crippen LogP contribution in [0, 0.1) is 0 Å². The Labute approximate surface area is 150 Å². The van der Waals surface area contributed by atoms with E-state index in [-0.39, 0.29) is 6.04 Å². The van der Waals surface area contributed by atoms with Crippen LogP contribution in [0.1, 0.15) is 23.6 Å². The summed E-state index contributed by atoms with van der Waals surface area (Å²) in [5.41, 5.74) is 3.71. The molecule has 0 aromatic heterocycles. The van der Waals surface area contributed by atoms with Gasteiger partial charge in [0.1, 0.15) is 0 Å². The standard InChI is InChI=1S/C20H26ClN3/c1-23(2)17-10-8-16(9-11-17)20(18-6-3-4-7-19(18)21)24-14-5-12-22-13-15-24/h3-4,6-11,20,22H,5,12-15H2,1-2H3. The molecule has 1 saturated heterocycles. The summed E-state index contributed by atoms with van der Waals surface area (Å²) >= 11 is 6.56. The monoisotopic (exact) mass is 343 g/mol. The SMILES string of the molecule is CN(C)c1ccc(C(c2ccccc2Cl)N2CCCNCC2)cc1. The molecule has 4 heteroatoms. The van der Waals surface area contributed by atoms with Gasteiger partial charge in [0, 0.05) is 44.4 Å². The van der Waals surface area contributed by atoms with Gasteiger partial charge in [-0.3, -0.25) is 4.90 Å². The van der Waals surface area contributed by atoms with Crippen molar-refractivity contribution in [2.24, 2.45) is 0 Å². The molecule has 1 aliphatic heterocycles. The van der Waals surface area contributed by atoms with Crippen molar-refractivity contribution in [2.75, 3.05) is 45.2 Å². The van der Waals surface area contributed by atoms with Crippen molar-refractivity contribution in [3.8, 4) is 0 Å². The lowest BCUT2D eigenvalue weighted by atomic mass is 9.96. The summed E-state index contributed by atoms with van der Waals surface area (Å²) in [6.45, 7) is 4.23. The Hall–Kier alpha value is -1.55. The second kappa shape index (κ2) is 8.02. The van der Waals surface area contributed by atoms with E-state index in [0.717, 1.165) is 37.6 Å². The second-order valence-corrected chi connectivity index (χ2v) is 6.96. The van der Waals surface area contributed by atoms with Gasteiger partial charge in [0.25, 0.3) is 0 Å². The van der Waals surface area contributed by atoms with Crippen LogP contribution in [0.2, 0.25) is 5.02 Å². The van der Waals surface area contributed by atoms with Gasteiger partial charge in [-0.15, -0.1) is 0 Å². The highest BCUT2D eigenvalue weighted by Crippen LogP contribution is 2.34. The molecule has 0 spiro atoms. The molecule has 0 radical (unpaired) electrons. The van der Waals surface area contributed by atoms with Gasteiger partial charge in [0.15, 0.2) is 0 Å². The number of benzene rings is 2. The Morgan fingerprint density at radius 2 is 1.75 bits per heavy atom. The Morgan fingerprint density at radius 1 is 1.00 bits per heavy atom. The first-order chi connectivity index (χ1) is 11.7. The van der Waals surface area contributed by atoms with Crippen molar-refractivity contribution >= 4 is 17.3 Å². The molecule has 1 unspecified atom stereocenters. The van der Waals surface area contributed by atoms with Crippen LogP contribution in [0.15, 0.2) is 48.5 Å². The molecule has 1 aliphatic rings. The number of rotatable bonds is 4. The van der Waals surface area contributed by atoms with Gasteiger partial charge < -0.3 is 10.2 Å². The molecule has 0 aliphatic carbocycles. The van der Waals surface area contributed by atoms with Crippen LogP contribution >= 0.6 is 11.6 Å². The highest BCUT2D eigenvalue weighted by atomic mass is 35.5. The summed E-state index contributed by atoms with van der Waals surface area (Å²) < 4.78 is 0. The summed E-state index contributed by atoms with van der Waals surface area (Å²) in [5, 5.41) is 4.34. The zero-order valence-electron chi connectivity index (χ0n) is 14.5. The summed E-state index contributed by atoms with van der Waals surface area (Å²) in [4.78, 5) is 4.68.